The van der Waals surface area contributed by atoms with E-state index in [-0.39, 0.29) is 32.0 Å². The first-order valence-corrected chi connectivity index (χ1v) is 24.2. The summed E-state index contributed by atoms with van der Waals surface area (Å²) in [4.78, 5) is 37.5. The van der Waals surface area contributed by atoms with Gasteiger partial charge in [0.15, 0.2) is 6.10 Å². The fourth-order valence-corrected chi connectivity index (χ4v) is 7.27. The van der Waals surface area contributed by atoms with E-state index >= 15 is 0 Å². The van der Waals surface area contributed by atoms with Gasteiger partial charge in [0.05, 0.1) is 27.7 Å². The van der Waals surface area contributed by atoms with Crippen molar-refractivity contribution < 1.29 is 42.1 Å². The lowest BCUT2D eigenvalue weighted by Gasteiger charge is -2.28. The van der Waals surface area contributed by atoms with E-state index in [2.05, 4.69) is 13.8 Å². The molecule has 1 unspecified atom stereocenters. The summed E-state index contributed by atoms with van der Waals surface area (Å²) >= 11 is 0. The van der Waals surface area contributed by atoms with Crippen molar-refractivity contribution in [3.8, 4) is 0 Å². The molecule has 0 saturated carbocycles. The quantitative estimate of drug-likeness (QED) is 0.0260. The topological polar surface area (TPSA) is 111 Å². The molecule has 54 heavy (non-hydrogen) atoms. The van der Waals surface area contributed by atoms with Crippen LogP contribution in [0.5, 0.6) is 0 Å². The average Bonchev–Trinajstić information content (AvgIpc) is 3.12. The summed E-state index contributed by atoms with van der Waals surface area (Å²) in [5, 5.41) is 0. The van der Waals surface area contributed by atoms with Gasteiger partial charge in [0, 0.05) is 12.8 Å². The number of ether oxygens (including phenoxy) is 2. The molecule has 0 bridgehead atoms. The summed E-state index contributed by atoms with van der Waals surface area (Å²) in [6.07, 6.45) is 37.0. The average molecular weight is 790 g/mol. The predicted molar refractivity (Wildman–Crippen MR) is 222 cm³/mol. The van der Waals surface area contributed by atoms with Gasteiger partial charge in [-0.3, -0.25) is 14.2 Å². The van der Waals surface area contributed by atoms with Gasteiger partial charge in [0.2, 0.25) is 0 Å². The Bertz CT molecular complexity index is 896. The molecule has 0 aliphatic carbocycles. The van der Waals surface area contributed by atoms with Crippen molar-refractivity contribution in [1.82, 2.24) is 0 Å². The number of hydrogen-bond acceptors (Lipinski definition) is 8. The SMILES string of the molecule is CCCCCCCCCCCCCCCCCCCCC(=O)OC[C@H](COP(=O)([O-])OCC[N+](C)(C)C)OC(=O)CCCCCCCCCCCCCC. The highest BCUT2D eigenvalue weighted by Gasteiger charge is 2.21. The Hall–Kier alpha value is -0.990. The number of nitrogens with zero attached hydrogens (tertiary/aromatic N) is 1. The zero-order chi connectivity index (χ0) is 40.0. The van der Waals surface area contributed by atoms with Crippen molar-refractivity contribution in [2.24, 2.45) is 0 Å². The largest absolute Gasteiger partial charge is 0.756 e. The van der Waals surface area contributed by atoms with Crippen LogP contribution in [-0.4, -0.2) is 70.0 Å². The Labute approximate surface area is 334 Å². The standard InChI is InChI=1S/C44H88NO8P/c1-6-8-10-12-14-16-18-20-21-22-23-24-25-27-28-30-32-34-36-43(46)50-40-42(41-52-54(48,49)51-39-38-45(3,4)5)53-44(47)37-35-33-31-29-26-19-17-15-13-11-9-7-2/h42H,6-41H2,1-5H3/t42-/m1/s1. The summed E-state index contributed by atoms with van der Waals surface area (Å²) in [5.74, 6) is -0.820. The Morgan fingerprint density at radius 1 is 0.500 bits per heavy atom. The molecule has 0 aliphatic rings. The van der Waals surface area contributed by atoms with Gasteiger partial charge in [-0.2, -0.15) is 0 Å². The van der Waals surface area contributed by atoms with Crippen molar-refractivity contribution >= 4 is 19.8 Å². The van der Waals surface area contributed by atoms with Gasteiger partial charge in [-0.25, -0.2) is 0 Å². The Morgan fingerprint density at radius 3 is 1.19 bits per heavy atom. The van der Waals surface area contributed by atoms with Crippen molar-refractivity contribution in [3.05, 3.63) is 0 Å². The second-order valence-electron chi connectivity index (χ2n) is 16.8. The molecule has 0 N–H and O–H groups in total. The monoisotopic (exact) mass is 790 g/mol. The number of carbonyl (C=O) groups excluding carboxylic acids is 2. The van der Waals surface area contributed by atoms with Crippen molar-refractivity contribution in [1.29, 1.82) is 0 Å². The first-order chi connectivity index (χ1) is 26.0. The van der Waals surface area contributed by atoms with Gasteiger partial charge in [0.25, 0.3) is 7.82 Å². The third-order valence-corrected chi connectivity index (χ3v) is 11.1. The molecule has 9 nitrogen and oxygen atoms in total. The molecule has 0 aliphatic heterocycles. The fraction of sp³-hybridized carbons (Fsp3) is 0.955. The predicted octanol–water partition coefficient (Wildman–Crippen LogP) is 12.2. The van der Waals surface area contributed by atoms with E-state index in [9.17, 15) is 19.0 Å². The van der Waals surface area contributed by atoms with Crippen molar-refractivity contribution in [3.63, 3.8) is 0 Å². The van der Waals surface area contributed by atoms with E-state index in [1.165, 1.54) is 154 Å². The van der Waals surface area contributed by atoms with Crippen LogP contribution < -0.4 is 4.89 Å². The van der Waals surface area contributed by atoms with E-state index < -0.39 is 26.5 Å². The molecule has 10 heteroatoms. The Balaban J connectivity index is 4.25. The van der Waals surface area contributed by atoms with Crippen LogP contribution in [-0.2, 0) is 32.7 Å². The summed E-state index contributed by atoms with van der Waals surface area (Å²) in [5.41, 5.74) is 0. The summed E-state index contributed by atoms with van der Waals surface area (Å²) in [7, 11) is 1.18. The minimum Gasteiger partial charge on any atom is -0.756 e. The number of likely N-dealkylation sites (N-methyl/N-ethyl adjacent to an activating group) is 1. The van der Waals surface area contributed by atoms with E-state index in [4.69, 9.17) is 18.5 Å². The molecule has 0 rings (SSSR count). The van der Waals surface area contributed by atoms with Crippen LogP contribution in [0.3, 0.4) is 0 Å². The summed E-state index contributed by atoms with van der Waals surface area (Å²) in [6.45, 7) is 4.26. The van der Waals surface area contributed by atoms with Crippen molar-refractivity contribution in [2.75, 3.05) is 47.5 Å². The second kappa shape index (κ2) is 37.6. The zero-order valence-electron chi connectivity index (χ0n) is 36.2. The van der Waals surface area contributed by atoms with Crippen LogP contribution in [0.2, 0.25) is 0 Å². The van der Waals surface area contributed by atoms with Crippen LogP contribution in [0.15, 0.2) is 0 Å². The van der Waals surface area contributed by atoms with E-state index in [1.807, 2.05) is 21.1 Å². The van der Waals surface area contributed by atoms with Gasteiger partial charge in [-0.15, -0.1) is 0 Å². The smallest absolute Gasteiger partial charge is 0.306 e. The van der Waals surface area contributed by atoms with Gasteiger partial charge in [0.1, 0.15) is 19.8 Å². The maximum Gasteiger partial charge on any atom is 0.306 e. The second-order valence-corrected chi connectivity index (χ2v) is 18.2. The number of esters is 2. The molecule has 322 valence electrons. The zero-order valence-corrected chi connectivity index (χ0v) is 37.1. The van der Waals surface area contributed by atoms with Crippen LogP contribution in [0.4, 0.5) is 0 Å². The number of phosphoric acid groups is 1. The Kier molecular flexibility index (Phi) is 36.9. The highest BCUT2D eigenvalue weighted by Crippen LogP contribution is 2.38. The number of phosphoric ester groups is 1. The van der Waals surface area contributed by atoms with E-state index in [0.717, 1.165) is 32.1 Å². The van der Waals surface area contributed by atoms with Crippen molar-refractivity contribution in [2.45, 2.75) is 225 Å². The van der Waals surface area contributed by atoms with Crippen LogP contribution in [0.25, 0.3) is 0 Å². The number of quaternary nitrogens is 1. The molecule has 0 fully saturated rings. The van der Waals surface area contributed by atoms with Crippen LogP contribution in [0.1, 0.15) is 219 Å². The molecule has 0 aromatic rings. The Morgan fingerprint density at radius 2 is 0.833 bits per heavy atom. The summed E-state index contributed by atoms with van der Waals surface area (Å²) in [6, 6.07) is 0. The van der Waals surface area contributed by atoms with Crippen LogP contribution in [0, 0.1) is 0 Å². The molecule has 0 aromatic heterocycles. The van der Waals surface area contributed by atoms with Crippen LogP contribution >= 0.6 is 7.82 Å². The van der Waals surface area contributed by atoms with E-state index in [0.29, 0.717) is 17.4 Å². The third-order valence-electron chi connectivity index (χ3n) is 10.1. The molecule has 0 saturated heterocycles. The highest BCUT2D eigenvalue weighted by atomic mass is 31.2. The van der Waals surface area contributed by atoms with E-state index in [1.54, 1.807) is 0 Å². The fourth-order valence-electron chi connectivity index (χ4n) is 6.54. The lowest BCUT2D eigenvalue weighted by molar-refractivity contribution is -0.870. The minimum absolute atomic E-state index is 0.0257. The lowest BCUT2D eigenvalue weighted by Crippen LogP contribution is -2.37. The highest BCUT2D eigenvalue weighted by molar-refractivity contribution is 7.45. The molecule has 0 radical (unpaired) electrons. The molecule has 2 atom stereocenters. The number of unbranched alkanes of at least 4 members (excludes halogenated alkanes) is 28. The molecular weight excluding hydrogens is 701 g/mol. The third kappa shape index (κ3) is 40.7. The lowest BCUT2D eigenvalue weighted by atomic mass is 10.0. The van der Waals surface area contributed by atoms with Gasteiger partial charge < -0.3 is 27.9 Å². The number of carbonyl (C=O) groups is 2. The summed E-state index contributed by atoms with van der Waals surface area (Å²) < 4.78 is 33.9. The number of hydrogen-bond donors (Lipinski definition) is 0. The molecule has 0 spiro atoms. The first kappa shape index (κ1) is 53.0. The molecule has 0 heterocycles. The molecule has 0 aromatic carbocycles. The minimum atomic E-state index is -4.61. The maximum atomic E-state index is 12.6. The molecule has 0 amide bonds. The first-order valence-electron chi connectivity index (χ1n) is 22.7. The number of rotatable bonds is 42. The van der Waals surface area contributed by atoms with Gasteiger partial charge in [-0.1, -0.05) is 194 Å². The van der Waals surface area contributed by atoms with Gasteiger partial charge in [-0.05, 0) is 12.8 Å². The maximum absolute atomic E-state index is 12.6. The molecular formula is C44H88NO8P. The van der Waals surface area contributed by atoms with Gasteiger partial charge >= 0.3 is 11.9 Å². The normalized spacial score (nSPS) is 13.5.